The number of nitrogens with one attached hydrogen (secondary N) is 1. The largest absolute Gasteiger partial charge is 0.497 e. The molecule has 4 aromatic carbocycles. The van der Waals surface area contributed by atoms with Crippen molar-refractivity contribution < 1.29 is 23.0 Å². The van der Waals surface area contributed by atoms with Crippen molar-refractivity contribution in [3.63, 3.8) is 0 Å². The van der Waals surface area contributed by atoms with Crippen LogP contribution in [0.5, 0.6) is 5.75 Å². The van der Waals surface area contributed by atoms with Crippen LogP contribution >= 0.6 is 11.8 Å². The molecule has 222 valence electrons. The van der Waals surface area contributed by atoms with Gasteiger partial charge in [0.2, 0.25) is 0 Å². The average Bonchev–Trinajstić information content (AvgIpc) is 3.62. The second-order valence-electron chi connectivity index (χ2n) is 11.0. The zero-order valence-corrected chi connectivity index (χ0v) is 24.8. The zero-order valence-electron chi connectivity index (χ0n) is 24.0. The first-order valence-electron chi connectivity index (χ1n) is 14.5. The van der Waals surface area contributed by atoms with Gasteiger partial charge in [0, 0.05) is 41.6 Å². The molecule has 4 aromatic rings. The van der Waals surface area contributed by atoms with Gasteiger partial charge in [-0.1, -0.05) is 60.7 Å². The number of carbonyl (C=O) groups is 1. The van der Waals surface area contributed by atoms with Crippen molar-refractivity contribution in [1.29, 1.82) is 0 Å². The second kappa shape index (κ2) is 13.2. The standard InChI is InChI=1S/C35H34F2N2O3S/c1-41-27-13-10-23(11-14-27)22-43-28-17-26(38-18-28)20-39(19-24-16-25(36)12-15-34(24)37)35(40)42-21-33-31-8-4-2-6-29(31)30-7-3-5-9-32(30)33/h2-16,26,28,33,38H,17-22H2,1H3/t26-,28+/m0/s1. The van der Waals surface area contributed by atoms with Crippen molar-refractivity contribution in [3.8, 4) is 16.9 Å². The van der Waals surface area contributed by atoms with Gasteiger partial charge in [-0.05, 0) is 64.6 Å². The molecule has 1 saturated heterocycles. The Morgan fingerprint density at radius 1 is 0.953 bits per heavy atom. The summed E-state index contributed by atoms with van der Waals surface area (Å²) in [5.41, 5.74) is 5.87. The third kappa shape index (κ3) is 6.71. The molecule has 1 aliphatic carbocycles. The molecule has 1 aliphatic heterocycles. The third-order valence-electron chi connectivity index (χ3n) is 8.23. The monoisotopic (exact) mass is 600 g/mol. The van der Waals surface area contributed by atoms with Crippen LogP contribution in [0.15, 0.2) is 91.0 Å². The van der Waals surface area contributed by atoms with Crippen LogP contribution in [0.3, 0.4) is 0 Å². The van der Waals surface area contributed by atoms with Crippen LogP contribution < -0.4 is 10.1 Å². The first-order chi connectivity index (χ1) is 21.0. The SMILES string of the molecule is COc1ccc(CS[C@H]2CN[C@H](CN(Cc3cc(F)ccc3F)C(=O)OCC3c4ccccc4-c4ccccc43)C2)cc1. The number of rotatable bonds is 10. The minimum atomic E-state index is -0.551. The predicted molar refractivity (Wildman–Crippen MR) is 166 cm³/mol. The van der Waals surface area contributed by atoms with Crippen LogP contribution in [0, 0.1) is 11.6 Å². The Bertz CT molecular complexity index is 1540. The lowest BCUT2D eigenvalue weighted by molar-refractivity contribution is 0.0936. The van der Waals surface area contributed by atoms with E-state index in [1.54, 1.807) is 7.11 Å². The second-order valence-corrected chi connectivity index (χ2v) is 12.3. The van der Waals surface area contributed by atoms with Gasteiger partial charge in [-0.2, -0.15) is 11.8 Å². The van der Waals surface area contributed by atoms with Crippen LogP contribution in [0.25, 0.3) is 11.1 Å². The van der Waals surface area contributed by atoms with E-state index in [0.29, 0.717) is 11.8 Å². The average molecular weight is 601 g/mol. The Balaban J connectivity index is 1.13. The number of ether oxygens (including phenoxy) is 2. The molecule has 1 amide bonds. The number of amides is 1. The fourth-order valence-corrected chi connectivity index (χ4v) is 7.21. The van der Waals surface area contributed by atoms with E-state index in [1.165, 1.54) is 10.5 Å². The molecule has 0 aromatic heterocycles. The summed E-state index contributed by atoms with van der Waals surface area (Å²) >= 11 is 1.86. The number of hydrogen-bond acceptors (Lipinski definition) is 5. The minimum Gasteiger partial charge on any atom is -0.497 e. The smallest absolute Gasteiger partial charge is 0.410 e. The molecule has 6 rings (SSSR count). The van der Waals surface area contributed by atoms with Gasteiger partial charge in [0.05, 0.1) is 13.7 Å². The summed E-state index contributed by atoms with van der Waals surface area (Å²) < 4.78 is 39.9. The van der Waals surface area contributed by atoms with Gasteiger partial charge in [-0.3, -0.25) is 0 Å². The van der Waals surface area contributed by atoms with E-state index in [2.05, 4.69) is 41.7 Å². The number of hydrogen-bond donors (Lipinski definition) is 1. The number of halogens is 2. The molecular formula is C35H34F2N2O3S. The quantitative estimate of drug-likeness (QED) is 0.206. The molecule has 2 aliphatic rings. The fourth-order valence-electron chi connectivity index (χ4n) is 6.01. The summed E-state index contributed by atoms with van der Waals surface area (Å²) in [5.74, 6) is 0.517. The summed E-state index contributed by atoms with van der Waals surface area (Å²) in [4.78, 5) is 15.1. The number of nitrogens with zero attached hydrogens (tertiary/aromatic N) is 1. The fraction of sp³-hybridized carbons (Fsp3) is 0.286. The van der Waals surface area contributed by atoms with Gasteiger partial charge in [0.1, 0.15) is 24.0 Å². The summed E-state index contributed by atoms with van der Waals surface area (Å²) in [6.07, 6.45) is 0.307. The molecule has 1 N–H and O–H groups in total. The van der Waals surface area contributed by atoms with Gasteiger partial charge in [0.15, 0.2) is 0 Å². The van der Waals surface area contributed by atoms with Gasteiger partial charge < -0.3 is 19.7 Å². The molecule has 5 nitrogen and oxygen atoms in total. The molecule has 0 radical (unpaired) electrons. The van der Waals surface area contributed by atoms with Crippen LogP contribution in [-0.2, 0) is 17.0 Å². The summed E-state index contributed by atoms with van der Waals surface area (Å²) in [6.45, 7) is 1.21. The Labute approximate surface area is 255 Å². The van der Waals surface area contributed by atoms with E-state index >= 15 is 0 Å². The van der Waals surface area contributed by atoms with Crippen molar-refractivity contribution in [2.45, 2.75) is 35.9 Å². The number of thioether (sulfide) groups is 1. The van der Waals surface area contributed by atoms with E-state index in [0.717, 1.165) is 64.9 Å². The summed E-state index contributed by atoms with van der Waals surface area (Å²) in [6, 6.07) is 27.7. The van der Waals surface area contributed by atoms with E-state index in [9.17, 15) is 13.6 Å². The highest BCUT2D eigenvalue weighted by atomic mass is 32.2. The van der Waals surface area contributed by atoms with Gasteiger partial charge in [-0.25, -0.2) is 13.6 Å². The molecule has 1 heterocycles. The Kier molecular flexibility index (Phi) is 8.95. The van der Waals surface area contributed by atoms with Crippen molar-refractivity contribution >= 4 is 17.9 Å². The molecule has 0 saturated carbocycles. The molecule has 8 heteroatoms. The first-order valence-corrected chi connectivity index (χ1v) is 15.5. The molecule has 2 atom stereocenters. The maximum atomic E-state index is 14.7. The lowest BCUT2D eigenvalue weighted by atomic mass is 9.98. The van der Waals surface area contributed by atoms with Gasteiger partial charge in [0.25, 0.3) is 0 Å². The first kappa shape index (κ1) is 29.2. The maximum Gasteiger partial charge on any atom is 0.410 e. The molecular weight excluding hydrogens is 566 g/mol. The zero-order chi connectivity index (χ0) is 29.8. The summed E-state index contributed by atoms with van der Waals surface area (Å²) in [7, 11) is 1.66. The molecule has 0 bridgehead atoms. The number of benzene rings is 4. The number of carbonyl (C=O) groups excluding carboxylic acids is 1. The van der Waals surface area contributed by atoms with Crippen LogP contribution in [0.4, 0.5) is 13.6 Å². The Morgan fingerprint density at radius 2 is 1.65 bits per heavy atom. The van der Waals surface area contributed by atoms with E-state index < -0.39 is 17.7 Å². The maximum absolute atomic E-state index is 14.7. The van der Waals surface area contributed by atoms with Crippen LogP contribution in [-0.4, -0.2) is 49.1 Å². The van der Waals surface area contributed by atoms with Crippen LogP contribution in [0.1, 0.15) is 34.6 Å². The summed E-state index contributed by atoms with van der Waals surface area (Å²) in [5, 5.41) is 3.89. The number of methoxy groups -OCH3 is 1. The highest BCUT2D eigenvalue weighted by Crippen LogP contribution is 2.44. The minimum absolute atomic E-state index is 0.00507. The normalized spacial score (nSPS) is 17.4. The highest BCUT2D eigenvalue weighted by Gasteiger charge is 2.32. The lowest BCUT2D eigenvalue weighted by Gasteiger charge is -2.26. The molecule has 0 unspecified atom stereocenters. The van der Waals surface area contributed by atoms with Crippen molar-refractivity contribution in [2.75, 3.05) is 26.8 Å². The van der Waals surface area contributed by atoms with E-state index in [-0.39, 0.29) is 30.7 Å². The van der Waals surface area contributed by atoms with E-state index in [1.807, 2.05) is 48.2 Å². The topological polar surface area (TPSA) is 50.8 Å². The molecule has 0 spiro atoms. The van der Waals surface area contributed by atoms with Gasteiger partial charge >= 0.3 is 6.09 Å². The third-order valence-corrected chi connectivity index (χ3v) is 9.56. The predicted octanol–water partition coefficient (Wildman–Crippen LogP) is 7.39. The Hall–Kier alpha value is -3.88. The van der Waals surface area contributed by atoms with Crippen molar-refractivity contribution in [2.24, 2.45) is 0 Å². The highest BCUT2D eigenvalue weighted by molar-refractivity contribution is 7.99. The van der Waals surface area contributed by atoms with Crippen molar-refractivity contribution in [1.82, 2.24) is 10.2 Å². The van der Waals surface area contributed by atoms with Crippen molar-refractivity contribution in [3.05, 3.63) is 125 Å². The van der Waals surface area contributed by atoms with E-state index in [4.69, 9.17) is 9.47 Å². The molecule has 1 fully saturated rings. The van der Waals surface area contributed by atoms with Crippen LogP contribution in [0.2, 0.25) is 0 Å². The Morgan fingerprint density at radius 3 is 2.35 bits per heavy atom. The lowest BCUT2D eigenvalue weighted by Crippen LogP contribution is -2.41. The van der Waals surface area contributed by atoms with Gasteiger partial charge in [-0.15, -0.1) is 0 Å². The number of fused-ring (bicyclic) bond motifs is 3. The molecule has 43 heavy (non-hydrogen) atoms.